The first-order chi connectivity index (χ1) is 30.1. The summed E-state index contributed by atoms with van der Waals surface area (Å²) in [5, 5.41) is 3.33. The second-order valence-electron chi connectivity index (χ2n) is 19.3. The normalized spacial score (nSPS) is 27.0. The van der Waals surface area contributed by atoms with Crippen LogP contribution in [0.1, 0.15) is 68.2 Å². The standard InChI is InChI=1S/C37H65NO15P4S8/c1-33(2)17-38-54(58,47-18-33)62-11-9-31(41)45-27-37(25-43-29(13-39)15-64-56(60)50-21-35(5,6)22-51-56,26-44-30(14-40)16-65-57(61)52-23-36(7,8)24-53-57)28-46-32(42)10-12-63-55(59)48-19-34(3,4)20-49-55/h13-14,29-30H,9-12,15-28H2,1-8H3,(H,38,58). The number of hydrogen-bond acceptors (Lipinski definition) is 23. The fraction of sp³-hybridized carbons (Fsp3) is 0.892. The Labute approximate surface area is 421 Å². The molecule has 0 aromatic carbocycles. The van der Waals surface area contributed by atoms with Gasteiger partial charge in [-0.25, -0.2) is 0 Å². The van der Waals surface area contributed by atoms with Crippen molar-refractivity contribution in [2.75, 3.05) is 102 Å². The fourth-order valence-electron chi connectivity index (χ4n) is 5.24. The van der Waals surface area contributed by atoms with E-state index in [0.29, 0.717) is 71.1 Å². The van der Waals surface area contributed by atoms with Crippen LogP contribution in [0.5, 0.6) is 0 Å². The van der Waals surface area contributed by atoms with Crippen LogP contribution in [-0.2, 0) is 117 Å². The second kappa shape index (κ2) is 25.7. The van der Waals surface area contributed by atoms with E-state index in [9.17, 15) is 19.2 Å². The van der Waals surface area contributed by atoms with Gasteiger partial charge in [-0.05, 0) is 47.2 Å². The average Bonchev–Trinajstić information content (AvgIpc) is 3.24. The van der Waals surface area contributed by atoms with Crippen molar-refractivity contribution >= 4 is 140 Å². The highest BCUT2D eigenvalue weighted by molar-refractivity contribution is 8.69. The van der Waals surface area contributed by atoms with Gasteiger partial charge in [0.05, 0.1) is 77.7 Å². The summed E-state index contributed by atoms with van der Waals surface area (Å²) in [7, 11) is 0. The first kappa shape index (κ1) is 59.4. The van der Waals surface area contributed by atoms with Crippen LogP contribution in [-0.4, -0.2) is 139 Å². The molecule has 65 heavy (non-hydrogen) atoms. The predicted molar refractivity (Wildman–Crippen MR) is 277 cm³/mol. The Hall–Kier alpha value is 1.88. The third-order valence-electron chi connectivity index (χ3n) is 9.56. The van der Waals surface area contributed by atoms with Gasteiger partial charge in [0.1, 0.15) is 38.0 Å². The number of nitrogens with one attached hydrogen (secondary N) is 1. The van der Waals surface area contributed by atoms with Gasteiger partial charge in [0.25, 0.3) is 0 Å². The minimum absolute atomic E-state index is 0.0103. The van der Waals surface area contributed by atoms with Gasteiger partial charge in [0.2, 0.25) is 17.1 Å². The van der Waals surface area contributed by atoms with E-state index in [1.165, 1.54) is 45.5 Å². The number of aldehydes is 2. The molecule has 0 amide bonds. The minimum atomic E-state index is -2.77. The van der Waals surface area contributed by atoms with Crippen molar-refractivity contribution in [2.45, 2.75) is 80.4 Å². The molecule has 0 radical (unpaired) electrons. The molecule has 4 aliphatic heterocycles. The Kier molecular flexibility index (Phi) is 23.5. The summed E-state index contributed by atoms with van der Waals surface area (Å²) < 4.78 is 65.8. The second-order valence-corrected chi connectivity index (χ2v) is 45.2. The monoisotopic (exact) mass is 1140 g/mol. The van der Waals surface area contributed by atoms with Gasteiger partial charge in [-0.15, -0.1) is 0 Å². The summed E-state index contributed by atoms with van der Waals surface area (Å²) in [6.07, 6.45) is -0.851. The molecule has 0 aromatic heterocycles. The molecule has 4 aliphatic rings. The molecule has 16 nitrogen and oxygen atoms in total. The van der Waals surface area contributed by atoms with Gasteiger partial charge < -0.3 is 60.2 Å². The fourth-order valence-corrected chi connectivity index (χ4v) is 23.1. The van der Waals surface area contributed by atoms with E-state index in [2.05, 4.69) is 18.9 Å². The maximum absolute atomic E-state index is 13.4. The Balaban J connectivity index is 1.49. The highest BCUT2D eigenvalue weighted by Gasteiger charge is 2.41. The highest BCUT2D eigenvalue weighted by Crippen LogP contribution is 2.66. The number of hydrogen-bond donors (Lipinski definition) is 1. The van der Waals surface area contributed by atoms with Crippen molar-refractivity contribution < 1.29 is 69.8 Å². The van der Waals surface area contributed by atoms with Gasteiger partial charge in [0.15, 0.2) is 5.62 Å². The maximum atomic E-state index is 13.4. The molecule has 376 valence electrons. The summed E-state index contributed by atoms with van der Waals surface area (Å²) >= 11 is 27.9. The topological polar surface area (TPSA) is 182 Å². The molecule has 0 aliphatic carbocycles. The molecule has 1 N–H and O–H groups in total. The van der Waals surface area contributed by atoms with Gasteiger partial charge in [-0.3, -0.25) is 14.7 Å². The summed E-state index contributed by atoms with van der Waals surface area (Å²) in [5.41, 5.74) is -12.6. The summed E-state index contributed by atoms with van der Waals surface area (Å²) in [4.78, 5) is 51.8. The molecular formula is C37H65NO15P4S8. The molecule has 4 fully saturated rings. The molecule has 3 atom stereocenters. The van der Waals surface area contributed by atoms with Gasteiger partial charge in [-0.1, -0.05) is 101 Å². The Morgan fingerprint density at radius 2 is 0.923 bits per heavy atom. The summed E-state index contributed by atoms with van der Waals surface area (Å²) in [6, 6.07) is 0. The van der Waals surface area contributed by atoms with Gasteiger partial charge >= 0.3 is 11.9 Å². The van der Waals surface area contributed by atoms with E-state index in [0.717, 1.165) is 0 Å². The molecule has 0 spiro atoms. The lowest BCUT2D eigenvalue weighted by molar-refractivity contribution is -0.167. The van der Waals surface area contributed by atoms with Crippen molar-refractivity contribution in [3.8, 4) is 0 Å². The van der Waals surface area contributed by atoms with Crippen LogP contribution in [0, 0.1) is 27.1 Å². The third-order valence-corrected chi connectivity index (χ3v) is 31.1. The average molecular weight is 1140 g/mol. The zero-order valence-corrected chi connectivity index (χ0v) is 48.3. The van der Waals surface area contributed by atoms with Crippen LogP contribution in [0.4, 0.5) is 0 Å². The molecule has 0 saturated carbocycles. The maximum Gasteiger partial charge on any atom is 0.306 e. The van der Waals surface area contributed by atoms with E-state index in [1.807, 2.05) is 41.5 Å². The number of esters is 2. The Morgan fingerprint density at radius 1 is 0.569 bits per heavy atom. The van der Waals surface area contributed by atoms with E-state index in [1.54, 1.807) is 0 Å². The predicted octanol–water partition coefficient (Wildman–Crippen LogP) is 8.70. The zero-order chi connectivity index (χ0) is 48.3. The van der Waals surface area contributed by atoms with Crippen LogP contribution >= 0.6 is 68.2 Å². The van der Waals surface area contributed by atoms with Crippen LogP contribution < -0.4 is 5.09 Å². The molecule has 28 heteroatoms. The molecule has 4 rings (SSSR count). The Morgan fingerprint density at radius 3 is 1.28 bits per heavy atom. The SMILES string of the molecule is CC1(C)CNP(=S)(SCCC(=O)OCC(COC(=O)CCSP2(=S)OCC(C)(C)CO2)(COC(C=O)CSP2(=S)OCC(C)(C)CO2)COC(C=O)CSP2(=S)OCC(C)(C)CO2)OC1. The van der Waals surface area contributed by atoms with E-state index < -0.39 is 52.3 Å². The molecule has 0 aromatic rings. The van der Waals surface area contributed by atoms with Gasteiger partial charge in [0, 0.05) is 51.2 Å². The lowest BCUT2D eigenvalue weighted by atomic mass is 9.92. The van der Waals surface area contributed by atoms with Crippen molar-refractivity contribution in [1.82, 2.24) is 5.09 Å². The van der Waals surface area contributed by atoms with Crippen LogP contribution in [0.15, 0.2) is 0 Å². The molecular weight excluding hydrogens is 1080 g/mol. The number of rotatable bonds is 26. The van der Waals surface area contributed by atoms with Crippen LogP contribution in [0.3, 0.4) is 0 Å². The van der Waals surface area contributed by atoms with E-state index in [4.69, 9.17) is 97.8 Å². The van der Waals surface area contributed by atoms with Crippen molar-refractivity contribution in [1.29, 1.82) is 0 Å². The third kappa shape index (κ3) is 21.5. The summed E-state index contributed by atoms with van der Waals surface area (Å²) in [6.45, 7) is 18.6. The molecule has 3 unspecified atom stereocenters. The van der Waals surface area contributed by atoms with Crippen LogP contribution in [0.25, 0.3) is 0 Å². The summed E-state index contributed by atoms with van der Waals surface area (Å²) in [5.74, 6) is -0.383. The number of carbonyl (C=O) groups excluding carboxylic acids is 4. The first-order valence-electron chi connectivity index (χ1n) is 20.8. The highest BCUT2D eigenvalue weighted by atomic mass is 32.9. The lowest BCUT2D eigenvalue weighted by Crippen LogP contribution is -2.45. The largest absolute Gasteiger partial charge is 0.465 e. The smallest absolute Gasteiger partial charge is 0.306 e. The van der Waals surface area contributed by atoms with Crippen molar-refractivity contribution in [2.24, 2.45) is 27.1 Å². The van der Waals surface area contributed by atoms with E-state index in [-0.39, 0.29) is 78.2 Å². The van der Waals surface area contributed by atoms with Crippen molar-refractivity contribution in [3.05, 3.63) is 0 Å². The molecule has 0 bridgehead atoms. The Bertz CT molecular complexity index is 1660. The number of ether oxygens (including phenoxy) is 4. The zero-order valence-electron chi connectivity index (χ0n) is 38.2. The first-order valence-corrected chi connectivity index (χ1v) is 37.8. The lowest BCUT2D eigenvalue weighted by Gasteiger charge is -2.37. The van der Waals surface area contributed by atoms with Crippen molar-refractivity contribution in [3.63, 3.8) is 0 Å². The molecule has 4 heterocycles. The van der Waals surface area contributed by atoms with E-state index >= 15 is 0 Å². The quantitative estimate of drug-likeness (QED) is 0.0493. The number of carbonyl (C=O) groups is 4. The van der Waals surface area contributed by atoms with Gasteiger partial charge in [-0.2, -0.15) is 0 Å². The minimum Gasteiger partial charge on any atom is -0.465 e. The molecule has 4 saturated heterocycles. The van der Waals surface area contributed by atoms with Crippen LogP contribution in [0.2, 0.25) is 0 Å².